The number of aryl methyl sites for hydroxylation is 2. The highest BCUT2D eigenvalue weighted by Gasteiger charge is 2.48. The predicted molar refractivity (Wildman–Crippen MR) is 147 cm³/mol. The number of Topliss-reactive ketones (excluding diaryl/α,β-unsaturated/α-hetero) is 1. The van der Waals surface area contributed by atoms with Crippen LogP contribution in [0.15, 0.2) is 60.2 Å². The number of methoxy groups -OCH3 is 1. The molecule has 2 aliphatic rings. The fraction of sp³-hybridized carbons (Fsp3) is 0.233. The van der Waals surface area contributed by atoms with Crippen LogP contribution in [0.25, 0.3) is 16.0 Å². The summed E-state index contributed by atoms with van der Waals surface area (Å²) in [5, 5.41) is 11.9. The number of aliphatic hydroxyl groups excluding tert-OH is 1. The fourth-order valence-electron chi connectivity index (χ4n) is 5.34. The molecule has 2 atom stereocenters. The van der Waals surface area contributed by atoms with Crippen LogP contribution in [-0.2, 0) is 16.0 Å². The Balaban J connectivity index is 1.55. The number of fused-ring (bicyclic) bond motifs is 2. The van der Waals surface area contributed by atoms with E-state index in [1.165, 1.54) is 16.2 Å². The van der Waals surface area contributed by atoms with E-state index in [1.807, 2.05) is 45.0 Å². The Morgan fingerprint density at radius 3 is 2.74 bits per heavy atom. The minimum atomic E-state index is -0.879. The number of carbonyl (C=O) groups is 2. The highest BCUT2D eigenvalue weighted by atomic mass is 32.1. The van der Waals surface area contributed by atoms with Gasteiger partial charge in [-0.2, -0.15) is 0 Å². The number of rotatable bonds is 4. The molecule has 6 rings (SSSR count). The van der Waals surface area contributed by atoms with Crippen molar-refractivity contribution >= 4 is 44.1 Å². The van der Waals surface area contributed by atoms with Gasteiger partial charge in [-0.1, -0.05) is 29.5 Å². The Kier molecular flexibility index (Phi) is 5.72. The Bertz CT molecular complexity index is 1670. The first-order valence-electron chi connectivity index (χ1n) is 12.4. The maximum atomic E-state index is 13.6. The van der Waals surface area contributed by atoms with Gasteiger partial charge in [-0.25, -0.2) is 4.98 Å². The van der Waals surface area contributed by atoms with Crippen LogP contribution < -0.4 is 14.4 Å². The lowest BCUT2D eigenvalue weighted by molar-refractivity contribution is -0.132. The van der Waals surface area contributed by atoms with Crippen molar-refractivity contribution < 1.29 is 24.2 Å². The number of hydrogen-bond acceptors (Lipinski definition) is 7. The molecular formula is C30H26N2O5S. The lowest BCUT2D eigenvalue weighted by Crippen LogP contribution is -2.29. The van der Waals surface area contributed by atoms with E-state index in [1.54, 1.807) is 37.4 Å². The summed E-state index contributed by atoms with van der Waals surface area (Å²) in [4.78, 5) is 33.4. The van der Waals surface area contributed by atoms with Crippen LogP contribution in [0.2, 0.25) is 0 Å². The van der Waals surface area contributed by atoms with Gasteiger partial charge < -0.3 is 14.6 Å². The second kappa shape index (κ2) is 8.99. The largest absolute Gasteiger partial charge is 0.507 e. The summed E-state index contributed by atoms with van der Waals surface area (Å²) in [6.07, 6.45) is 0.741. The molecule has 8 heteroatoms. The van der Waals surface area contributed by atoms with E-state index in [4.69, 9.17) is 14.5 Å². The third kappa shape index (κ3) is 3.83. The molecule has 3 heterocycles. The molecule has 0 aliphatic carbocycles. The van der Waals surface area contributed by atoms with Crippen molar-refractivity contribution in [2.75, 3.05) is 12.0 Å². The quantitative estimate of drug-likeness (QED) is 0.203. The first-order chi connectivity index (χ1) is 18.2. The lowest BCUT2D eigenvalue weighted by atomic mass is 9.94. The van der Waals surface area contributed by atoms with E-state index in [0.29, 0.717) is 28.4 Å². The van der Waals surface area contributed by atoms with E-state index in [2.05, 4.69) is 0 Å². The third-order valence-electron chi connectivity index (χ3n) is 7.05. The third-order valence-corrected chi connectivity index (χ3v) is 8.05. The Labute approximate surface area is 224 Å². The first kappa shape index (κ1) is 24.2. The van der Waals surface area contributed by atoms with Crippen molar-refractivity contribution in [3.63, 3.8) is 0 Å². The van der Waals surface area contributed by atoms with Crippen LogP contribution in [0.3, 0.4) is 0 Å². The van der Waals surface area contributed by atoms with Gasteiger partial charge in [0.1, 0.15) is 23.4 Å². The van der Waals surface area contributed by atoms with Gasteiger partial charge in [0.05, 0.1) is 28.9 Å². The Morgan fingerprint density at radius 1 is 1.13 bits per heavy atom. The maximum absolute atomic E-state index is 13.6. The summed E-state index contributed by atoms with van der Waals surface area (Å²) in [5.74, 6) is -0.376. The minimum absolute atomic E-state index is 0.0160. The molecule has 192 valence electrons. The number of thiazole rings is 1. The van der Waals surface area contributed by atoms with Crippen molar-refractivity contribution in [2.45, 2.75) is 39.3 Å². The molecule has 2 aliphatic heterocycles. The number of carbonyl (C=O) groups excluding carboxylic acids is 2. The molecule has 0 radical (unpaired) electrons. The molecular weight excluding hydrogens is 500 g/mol. The predicted octanol–water partition coefficient (Wildman–Crippen LogP) is 5.87. The lowest BCUT2D eigenvalue weighted by Gasteiger charge is -2.23. The second-order valence-corrected chi connectivity index (χ2v) is 10.8. The van der Waals surface area contributed by atoms with Gasteiger partial charge in [-0.3, -0.25) is 14.5 Å². The SMILES string of the molecule is COc1cccc(C2/C(=C(\O)c3ccc4c(c3)CC(C)O4)C(=O)C(=O)N2c2nc3c(C)cc(C)cc3s2)c1. The molecule has 7 nitrogen and oxygen atoms in total. The number of anilines is 1. The van der Waals surface area contributed by atoms with Crippen molar-refractivity contribution in [1.82, 2.24) is 4.98 Å². The Morgan fingerprint density at radius 2 is 1.95 bits per heavy atom. The van der Waals surface area contributed by atoms with Crippen LogP contribution in [0.5, 0.6) is 11.5 Å². The maximum Gasteiger partial charge on any atom is 0.301 e. The summed E-state index contributed by atoms with van der Waals surface area (Å²) >= 11 is 1.35. The molecule has 0 spiro atoms. The average Bonchev–Trinajstić information content (AvgIpc) is 3.56. The molecule has 1 saturated heterocycles. The normalized spacial score (nSPS) is 20.2. The number of hydrogen-bond donors (Lipinski definition) is 1. The van der Waals surface area contributed by atoms with Gasteiger partial charge in [0.15, 0.2) is 5.13 Å². The molecule has 0 bridgehead atoms. The minimum Gasteiger partial charge on any atom is -0.507 e. The molecule has 0 saturated carbocycles. The fourth-order valence-corrected chi connectivity index (χ4v) is 6.51. The highest BCUT2D eigenvalue weighted by molar-refractivity contribution is 7.22. The summed E-state index contributed by atoms with van der Waals surface area (Å²) in [6, 6.07) is 15.7. The molecule has 1 fully saturated rings. The summed E-state index contributed by atoms with van der Waals surface area (Å²) < 4.78 is 12.2. The average molecular weight is 527 g/mol. The summed E-state index contributed by atoms with van der Waals surface area (Å²) in [7, 11) is 1.56. The van der Waals surface area contributed by atoms with E-state index in [0.717, 1.165) is 32.7 Å². The van der Waals surface area contributed by atoms with Crippen LogP contribution >= 0.6 is 11.3 Å². The molecule has 1 aromatic heterocycles. The summed E-state index contributed by atoms with van der Waals surface area (Å²) in [6.45, 7) is 5.97. The van der Waals surface area contributed by atoms with Crippen molar-refractivity contribution in [1.29, 1.82) is 0 Å². The van der Waals surface area contributed by atoms with Gasteiger partial charge in [0.25, 0.3) is 5.78 Å². The smallest absolute Gasteiger partial charge is 0.301 e. The molecule has 38 heavy (non-hydrogen) atoms. The molecule has 3 aromatic carbocycles. The van der Waals surface area contributed by atoms with Crippen molar-refractivity contribution in [3.8, 4) is 11.5 Å². The number of benzene rings is 3. The van der Waals surface area contributed by atoms with Crippen LogP contribution in [0, 0.1) is 13.8 Å². The first-order valence-corrected chi connectivity index (χ1v) is 13.2. The van der Waals surface area contributed by atoms with E-state index >= 15 is 0 Å². The topological polar surface area (TPSA) is 89.0 Å². The van der Waals surface area contributed by atoms with Crippen LogP contribution in [0.4, 0.5) is 5.13 Å². The zero-order valence-corrected chi connectivity index (χ0v) is 22.3. The van der Waals surface area contributed by atoms with Gasteiger partial charge in [-0.15, -0.1) is 0 Å². The number of ether oxygens (including phenoxy) is 2. The van der Waals surface area contributed by atoms with E-state index in [9.17, 15) is 14.7 Å². The number of nitrogens with zero attached hydrogens (tertiary/aromatic N) is 2. The number of aromatic nitrogens is 1. The van der Waals surface area contributed by atoms with Crippen molar-refractivity contribution in [2.24, 2.45) is 0 Å². The second-order valence-electron chi connectivity index (χ2n) is 9.83. The van der Waals surface area contributed by atoms with Gasteiger partial charge in [-0.05, 0) is 79.4 Å². The van der Waals surface area contributed by atoms with E-state index in [-0.39, 0.29) is 17.4 Å². The van der Waals surface area contributed by atoms with E-state index < -0.39 is 17.7 Å². The number of aliphatic hydroxyl groups is 1. The van der Waals surface area contributed by atoms with Gasteiger partial charge in [0, 0.05) is 12.0 Å². The number of ketones is 1. The molecule has 1 N–H and O–H groups in total. The van der Waals surface area contributed by atoms with Gasteiger partial charge >= 0.3 is 5.91 Å². The zero-order chi connectivity index (χ0) is 26.7. The highest BCUT2D eigenvalue weighted by Crippen LogP contribution is 2.45. The standard InChI is InChI=1S/C30H26N2O5S/c1-15-10-16(2)25-23(11-15)38-30(31-25)32-26(18-6-5-7-21(14-18)36-4)24(28(34)29(32)35)27(33)19-8-9-22-20(13-19)12-17(3)37-22/h5-11,13-14,17,26,33H,12H2,1-4H3/b27-24+. The number of amides is 1. The molecule has 4 aromatic rings. The Hall–Kier alpha value is -4.17. The van der Waals surface area contributed by atoms with Gasteiger partial charge in [0.2, 0.25) is 0 Å². The van der Waals surface area contributed by atoms with Crippen LogP contribution in [-0.4, -0.2) is 35.0 Å². The zero-order valence-electron chi connectivity index (χ0n) is 21.4. The van der Waals surface area contributed by atoms with Crippen LogP contribution in [0.1, 0.15) is 40.8 Å². The van der Waals surface area contributed by atoms with Crippen molar-refractivity contribution in [3.05, 3.63) is 88.0 Å². The molecule has 1 amide bonds. The monoisotopic (exact) mass is 526 g/mol. The summed E-state index contributed by atoms with van der Waals surface area (Å²) in [5.41, 5.74) is 4.93. The molecule has 2 unspecified atom stereocenters.